The Bertz CT molecular complexity index is 477. The van der Waals surface area contributed by atoms with Gasteiger partial charge in [-0.1, -0.05) is 13.8 Å². The summed E-state index contributed by atoms with van der Waals surface area (Å²) in [4.78, 5) is 10.2. The second kappa shape index (κ2) is 5.38. The highest BCUT2D eigenvalue weighted by Crippen LogP contribution is 2.33. The van der Waals surface area contributed by atoms with Gasteiger partial charge >= 0.3 is 0 Å². The van der Waals surface area contributed by atoms with E-state index in [-0.39, 0.29) is 0 Å². The van der Waals surface area contributed by atoms with Gasteiger partial charge in [0.25, 0.3) is 0 Å². The maximum absolute atomic E-state index is 5.59. The number of nitrogens with zero attached hydrogens (tertiary/aromatic N) is 2. The number of pyridine rings is 1. The van der Waals surface area contributed by atoms with E-state index < -0.39 is 0 Å². The van der Waals surface area contributed by atoms with Crippen molar-refractivity contribution in [1.29, 1.82) is 0 Å². The first-order valence-corrected chi connectivity index (χ1v) is 6.64. The van der Waals surface area contributed by atoms with Gasteiger partial charge in [0, 0.05) is 29.3 Å². The molecule has 2 rings (SSSR count). The van der Waals surface area contributed by atoms with Crippen LogP contribution in [0.15, 0.2) is 24.5 Å². The summed E-state index contributed by atoms with van der Waals surface area (Å²) in [5, 5.41) is 1.12. The van der Waals surface area contributed by atoms with E-state index >= 15 is 0 Å². The van der Waals surface area contributed by atoms with Crippen molar-refractivity contribution in [3.63, 3.8) is 0 Å². The summed E-state index contributed by atoms with van der Waals surface area (Å²) in [6.45, 7) is 5.04. The fourth-order valence-electron chi connectivity index (χ4n) is 1.71. The molecule has 0 aliphatic rings. The van der Waals surface area contributed by atoms with E-state index in [4.69, 9.17) is 5.73 Å². The lowest BCUT2D eigenvalue weighted by Gasteiger charge is -2.04. The first-order valence-electron chi connectivity index (χ1n) is 5.82. The normalized spacial score (nSPS) is 11.1. The molecule has 0 amide bonds. The summed E-state index contributed by atoms with van der Waals surface area (Å²) in [5.41, 5.74) is 7.75. The fourth-order valence-corrected chi connectivity index (χ4v) is 2.82. The van der Waals surface area contributed by atoms with Crippen molar-refractivity contribution in [2.75, 3.05) is 6.54 Å². The average Bonchev–Trinajstić information content (AvgIpc) is 2.75. The highest BCUT2D eigenvalue weighted by Gasteiger charge is 2.15. The van der Waals surface area contributed by atoms with Gasteiger partial charge in [0.15, 0.2) is 0 Å². The van der Waals surface area contributed by atoms with Gasteiger partial charge in [-0.2, -0.15) is 0 Å². The third-order valence-electron chi connectivity index (χ3n) is 2.52. The van der Waals surface area contributed by atoms with E-state index in [2.05, 4.69) is 29.9 Å². The van der Waals surface area contributed by atoms with Crippen molar-refractivity contribution < 1.29 is 0 Å². The Hall–Kier alpha value is -1.26. The van der Waals surface area contributed by atoms with E-state index in [0.717, 1.165) is 22.7 Å². The van der Waals surface area contributed by atoms with Crippen molar-refractivity contribution in [1.82, 2.24) is 9.97 Å². The zero-order valence-corrected chi connectivity index (χ0v) is 11.0. The predicted molar refractivity (Wildman–Crippen MR) is 72.2 cm³/mol. The second-order valence-electron chi connectivity index (χ2n) is 4.26. The molecule has 0 spiro atoms. The Kier molecular flexibility index (Phi) is 3.86. The van der Waals surface area contributed by atoms with Gasteiger partial charge in [-0.05, 0) is 24.6 Å². The van der Waals surface area contributed by atoms with Gasteiger partial charge in [0.1, 0.15) is 0 Å². The van der Waals surface area contributed by atoms with E-state index in [0.29, 0.717) is 12.5 Å². The molecule has 0 fully saturated rings. The number of rotatable bonds is 4. The summed E-state index contributed by atoms with van der Waals surface area (Å²) in [7, 11) is 0. The maximum atomic E-state index is 5.59. The van der Waals surface area contributed by atoms with Gasteiger partial charge in [0.05, 0.1) is 10.7 Å². The molecule has 0 atom stereocenters. The standard InChI is InChI=1S/C13H17N3S/c1-9(2)13-12(10-4-3-7-15-8-10)16-11(17-13)5-6-14/h3-4,7-9H,5-6,14H2,1-2H3. The van der Waals surface area contributed by atoms with Crippen molar-refractivity contribution in [2.24, 2.45) is 5.73 Å². The van der Waals surface area contributed by atoms with E-state index in [9.17, 15) is 0 Å². The minimum Gasteiger partial charge on any atom is -0.330 e. The second-order valence-corrected chi connectivity index (χ2v) is 5.37. The van der Waals surface area contributed by atoms with E-state index in [1.54, 1.807) is 17.5 Å². The lowest BCUT2D eigenvalue weighted by Crippen LogP contribution is -2.01. The van der Waals surface area contributed by atoms with Crippen LogP contribution >= 0.6 is 11.3 Å². The number of hydrogen-bond donors (Lipinski definition) is 1. The molecule has 0 unspecified atom stereocenters. The smallest absolute Gasteiger partial charge is 0.0948 e. The molecule has 2 heterocycles. The molecule has 0 radical (unpaired) electrons. The zero-order chi connectivity index (χ0) is 12.3. The minimum absolute atomic E-state index is 0.481. The predicted octanol–water partition coefficient (Wildman–Crippen LogP) is 2.83. The summed E-state index contributed by atoms with van der Waals surface area (Å²) in [6, 6.07) is 4.00. The summed E-state index contributed by atoms with van der Waals surface area (Å²) >= 11 is 1.77. The Labute approximate surface area is 106 Å². The monoisotopic (exact) mass is 247 g/mol. The van der Waals surface area contributed by atoms with Crippen LogP contribution in [0.5, 0.6) is 0 Å². The molecule has 2 N–H and O–H groups in total. The summed E-state index contributed by atoms with van der Waals surface area (Å²) < 4.78 is 0. The van der Waals surface area contributed by atoms with Gasteiger partial charge in [-0.15, -0.1) is 11.3 Å². The molecule has 2 aromatic heterocycles. The first kappa shape index (κ1) is 12.2. The van der Waals surface area contributed by atoms with Crippen LogP contribution in [0.3, 0.4) is 0 Å². The van der Waals surface area contributed by atoms with Gasteiger partial charge in [0.2, 0.25) is 0 Å². The molecule has 0 aliphatic heterocycles. The molecule has 2 aromatic rings. The Morgan fingerprint density at radius 1 is 1.41 bits per heavy atom. The summed E-state index contributed by atoms with van der Waals surface area (Å²) in [6.07, 6.45) is 4.50. The molecule has 0 bridgehead atoms. The summed E-state index contributed by atoms with van der Waals surface area (Å²) in [5.74, 6) is 0.481. The first-order chi connectivity index (χ1) is 8.22. The zero-order valence-electron chi connectivity index (χ0n) is 10.2. The van der Waals surface area contributed by atoms with E-state index in [1.165, 1.54) is 4.88 Å². The van der Waals surface area contributed by atoms with E-state index in [1.807, 2.05) is 12.3 Å². The molecule has 0 saturated carbocycles. The molecule has 0 saturated heterocycles. The van der Waals surface area contributed by atoms with Gasteiger partial charge in [-0.25, -0.2) is 4.98 Å². The molecule has 3 nitrogen and oxygen atoms in total. The lowest BCUT2D eigenvalue weighted by molar-refractivity contribution is 0.887. The molecule has 17 heavy (non-hydrogen) atoms. The highest BCUT2D eigenvalue weighted by atomic mass is 32.1. The molecule has 90 valence electrons. The van der Waals surface area contributed by atoms with Crippen molar-refractivity contribution in [3.8, 4) is 11.3 Å². The molecular formula is C13H17N3S. The van der Waals surface area contributed by atoms with Gasteiger partial charge < -0.3 is 5.73 Å². The topological polar surface area (TPSA) is 51.8 Å². The molecule has 0 aliphatic carbocycles. The molecule has 4 heteroatoms. The lowest BCUT2D eigenvalue weighted by atomic mass is 10.1. The SMILES string of the molecule is CC(C)c1sc(CCN)nc1-c1cccnc1. The Balaban J connectivity index is 2.44. The number of nitrogens with two attached hydrogens (primary N) is 1. The van der Waals surface area contributed by atoms with Crippen LogP contribution in [-0.4, -0.2) is 16.5 Å². The average molecular weight is 247 g/mol. The molecular weight excluding hydrogens is 230 g/mol. The van der Waals surface area contributed by atoms with Crippen LogP contribution in [0, 0.1) is 0 Å². The van der Waals surface area contributed by atoms with Crippen LogP contribution < -0.4 is 5.73 Å². The van der Waals surface area contributed by atoms with Gasteiger partial charge in [-0.3, -0.25) is 4.98 Å². The van der Waals surface area contributed by atoms with Crippen LogP contribution in [0.25, 0.3) is 11.3 Å². The fraction of sp³-hybridized carbons (Fsp3) is 0.385. The van der Waals surface area contributed by atoms with Crippen molar-refractivity contribution in [2.45, 2.75) is 26.2 Å². The quantitative estimate of drug-likeness (QED) is 0.904. The number of aromatic nitrogens is 2. The Morgan fingerprint density at radius 3 is 2.82 bits per heavy atom. The van der Waals surface area contributed by atoms with Crippen LogP contribution in [0.4, 0.5) is 0 Å². The van der Waals surface area contributed by atoms with Crippen molar-refractivity contribution >= 4 is 11.3 Å². The largest absolute Gasteiger partial charge is 0.330 e. The van der Waals surface area contributed by atoms with Crippen LogP contribution in [0.1, 0.15) is 29.7 Å². The highest BCUT2D eigenvalue weighted by molar-refractivity contribution is 7.12. The third kappa shape index (κ3) is 2.70. The van der Waals surface area contributed by atoms with Crippen molar-refractivity contribution in [3.05, 3.63) is 34.4 Å². The third-order valence-corrected chi connectivity index (χ3v) is 3.93. The minimum atomic E-state index is 0.481. The number of thiazole rings is 1. The van der Waals surface area contributed by atoms with Crippen LogP contribution in [-0.2, 0) is 6.42 Å². The number of hydrogen-bond acceptors (Lipinski definition) is 4. The Morgan fingerprint density at radius 2 is 2.24 bits per heavy atom. The maximum Gasteiger partial charge on any atom is 0.0948 e. The van der Waals surface area contributed by atoms with Crippen LogP contribution in [0.2, 0.25) is 0 Å². The molecule has 0 aromatic carbocycles.